The maximum atomic E-state index is 12.9. The van der Waals surface area contributed by atoms with Crippen LogP contribution in [0.25, 0.3) is 0 Å². The summed E-state index contributed by atoms with van der Waals surface area (Å²) in [6, 6.07) is 9.80. The minimum atomic E-state index is -0.454. The van der Waals surface area contributed by atoms with E-state index in [4.69, 9.17) is 0 Å². The highest BCUT2D eigenvalue weighted by Gasteiger charge is 2.35. The first kappa shape index (κ1) is 20.8. The molecule has 28 heavy (non-hydrogen) atoms. The summed E-state index contributed by atoms with van der Waals surface area (Å²) in [5.74, 6) is 0.641. The molecule has 0 aromatic heterocycles. The average molecular weight is 387 g/mol. The molecule has 2 saturated heterocycles. The quantitative estimate of drug-likeness (QED) is 0.867. The minimum absolute atomic E-state index is 0.0274. The molecule has 0 spiro atoms. The summed E-state index contributed by atoms with van der Waals surface area (Å²) in [7, 11) is 0. The zero-order valence-electron chi connectivity index (χ0n) is 17.4. The Morgan fingerprint density at radius 3 is 2.00 bits per heavy atom. The van der Waals surface area contributed by atoms with Crippen LogP contribution in [0.15, 0.2) is 30.3 Å². The molecule has 2 aliphatic heterocycles. The fraction of sp³-hybridized carbons (Fsp3) is 0.652. The molecule has 1 aromatic carbocycles. The third-order valence-electron chi connectivity index (χ3n) is 6.21. The third kappa shape index (κ3) is 4.75. The Balaban J connectivity index is 1.48. The maximum Gasteiger partial charge on any atom is 0.227 e. The monoisotopic (exact) mass is 386 g/mol. The van der Waals surface area contributed by atoms with Gasteiger partial charge in [0.1, 0.15) is 0 Å². The van der Waals surface area contributed by atoms with Gasteiger partial charge in [-0.2, -0.15) is 0 Å². The van der Waals surface area contributed by atoms with E-state index in [0.717, 1.165) is 31.2 Å². The third-order valence-corrected chi connectivity index (χ3v) is 6.21. The molecular weight excluding hydrogens is 352 g/mol. The summed E-state index contributed by atoms with van der Waals surface area (Å²) in [5.41, 5.74) is 0.598. The van der Waals surface area contributed by atoms with Gasteiger partial charge in [-0.15, -0.1) is 0 Å². The van der Waals surface area contributed by atoms with Crippen molar-refractivity contribution in [1.82, 2.24) is 9.80 Å². The van der Waals surface area contributed by atoms with Crippen LogP contribution in [0.5, 0.6) is 0 Å². The summed E-state index contributed by atoms with van der Waals surface area (Å²) >= 11 is 0. The van der Waals surface area contributed by atoms with E-state index in [1.54, 1.807) is 0 Å². The molecule has 0 saturated carbocycles. The molecular formula is C23H34N2O3. The lowest BCUT2D eigenvalue weighted by Crippen LogP contribution is -2.48. The molecule has 1 aromatic rings. The van der Waals surface area contributed by atoms with Crippen LogP contribution in [0, 0.1) is 17.3 Å². The normalized spacial score (nSPS) is 20.9. The number of hydrogen-bond acceptors (Lipinski definition) is 3. The van der Waals surface area contributed by atoms with Gasteiger partial charge < -0.3 is 14.9 Å². The van der Waals surface area contributed by atoms with Gasteiger partial charge in [0.15, 0.2) is 0 Å². The van der Waals surface area contributed by atoms with Gasteiger partial charge in [0, 0.05) is 37.5 Å². The molecule has 2 amide bonds. The van der Waals surface area contributed by atoms with E-state index in [1.807, 2.05) is 60.9 Å². The van der Waals surface area contributed by atoms with Gasteiger partial charge in [-0.25, -0.2) is 0 Å². The van der Waals surface area contributed by atoms with Crippen molar-refractivity contribution in [2.45, 2.75) is 52.6 Å². The van der Waals surface area contributed by atoms with Crippen LogP contribution >= 0.6 is 0 Å². The van der Waals surface area contributed by atoms with Crippen molar-refractivity contribution in [3.05, 3.63) is 35.9 Å². The average Bonchev–Trinajstić information content (AvgIpc) is 2.72. The molecule has 5 heteroatoms. The second-order valence-corrected chi connectivity index (χ2v) is 9.33. The molecule has 154 valence electrons. The number of piperidine rings is 2. The topological polar surface area (TPSA) is 60.9 Å². The van der Waals surface area contributed by atoms with Gasteiger partial charge >= 0.3 is 0 Å². The van der Waals surface area contributed by atoms with Gasteiger partial charge in [-0.05, 0) is 37.2 Å². The van der Waals surface area contributed by atoms with Crippen molar-refractivity contribution in [2.75, 3.05) is 26.2 Å². The molecule has 2 fully saturated rings. The van der Waals surface area contributed by atoms with E-state index in [2.05, 4.69) is 0 Å². The first-order valence-corrected chi connectivity index (χ1v) is 10.6. The fourth-order valence-electron chi connectivity index (χ4n) is 4.42. The number of rotatable bonds is 3. The molecule has 1 unspecified atom stereocenters. The van der Waals surface area contributed by atoms with Crippen LogP contribution in [0.1, 0.15) is 58.1 Å². The summed E-state index contributed by atoms with van der Waals surface area (Å²) in [4.78, 5) is 29.2. The van der Waals surface area contributed by atoms with Crippen molar-refractivity contribution < 1.29 is 14.7 Å². The highest BCUT2D eigenvalue weighted by Crippen LogP contribution is 2.32. The molecule has 0 bridgehead atoms. The summed E-state index contributed by atoms with van der Waals surface area (Å²) in [6.45, 7) is 8.62. The number of hydrogen-bond donors (Lipinski definition) is 1. The number of aliphatic hydroxyl groups excluding tert-OH is 1. The van der Waals surface area contributed by atoms with Crippen LogP contribution < -0.4 is 0 Å². The highest BCUT2D eigenvalue weighted by atomic mass is 16.3. The lowest BCUT2D eigenvalue weighted by Gasteiger charge is -2.39. The smallest absolute Gasteiger partial charge is 0.227 e. The molecule has 5 nitrogen and oxygen atoms in total. The van der Waals surface area contributed by atoms with Crippen molar-refractivity contribution in [3.8, 4) is 0 Å². The standard InChI is InChI=1S/C23H34N2O3/c1-23(2,3)22(28)25-15-11-19(12-16-25)21(27)24-13-9-18(10-14-24)20(26)17-7-5-4-6-8-17/h4-8,18-20,26H,9-16H2,1-3H3. The Bertz CT molecular complexity index is 667. The second-order valence-electron chi connectivity index (χ2n) is 9.33. The largest absolute Gasteiger partial charge is 0.388 e. The number of benzene rings is 1. The molecule has 1 atom stereocenters. The predicted molar refractivity (Wildman–Crippen MR) is 109 cm³/mol. The molecule has 2 aliphatic rings. The van der Waals surface area contributed by atoms with E-state index >= 15 is 0 Å². The van der Waals surface area contributed by atoms with Gasteiger partial charge in [0.2, 0.25) is 11.8 Å². The molecule has 1 N–H and O–H groups in total. The molecule has 2 heterocycles. The maximum absolute atomic E-state index is 12.9. The number of likely N-dealkylation sites (tertiary alicyclic amines) is 2. The predicted octanol–water partition coefficient (Wildman–Crippen LogP) is 3.24. The summed E-state index contributed by atoms with van der Waals surface area (Å²) in [5, 5.41) is 10.6. The number of carbonyl (C=O) groups is 2. The number of carbonyl (C=O) groups excluding carboxylic acids is 2. The lowest BCUT2D eigenvalue weighted by molar-refractivity contribution is -0.145. The van der Waals surface area contributed by atoms with Gasteiger partial charge in [0.05, 0.1) is 6.10 Å². The molecule has 3 rings (SSSR count). The van der Waals surface area contributed by atoms with Crippen LogP contribution in [0.4, 0.5) is 0 Å². The zero-order chi connectivity index (χ0) is 20.3. The number of amides is 2. The SMILES string of the molecule is CC(C)(C)C(=O)N1CCC(C(=O)N2CCC(C(O)c3ccccc3)CC2)CC1. The van der Waals surface area contributed by atoms with Gasteiger partial charge in [-0.1, -0.05) is 51.1 Å². The lowest BCUT2D eigenvalue weighted by atomic mass is 9.86. The first-order chi connectivity index (χ1) is 13.3. The Morgan fingerprint density at radius 2 is 1.46 bits per heavy atom. The van der Waals surface area contributed by atoms with Crippen LogP contribution in [-0.4, -0.2) is 52.9 Å². The number of aliphatic hydroxyl groups is 1. The highest BCUT2D eigenvalue weighted by molar-refractivity contribution is 5.82. The van der Waals surface area contributed by atoms with Crippen molar-refractivity contribution >= 4 is 11.8 Å². The van der Waals surface area contributed by atoms with E-state index in [1.165, 1.54) is 0 Å². The Morgan fingerprint density at radius 1 is 0.929 bits per heavy atom. The van der Waals surface area contributed by atoms with Gasteiger partial charge in [-0.3, -0.25) is 9.59 Å². The van der Waals surface area contributed by atoms with Crippen LogP contribution in [-0.2, 0) is 9.59 Å². The fourth-order valence-corrected chi connectivity index (χ4v) is 4.42. The Kier molecular flexibility index (Phi) is 6.43. The van der Waals surface area contributed by atoms with E-state index in [0.29, 0.717) is 26.2 Å². The second kappa shape index (κ2) is 8.64. The van der Waals surface area contributed by atoms with Crippen molar-refractivity contribution in [3.63, 3.8) is 0 Å². The van der Waals surface area contributed by atoms with Crippen molar-refractivity contribution in [2.24, 2.45) is 17.3 Å². The zero-order valence-corrected chi connectivity index (χ0v) is 17.4. The summed E-state index contributed by atoms with van der Waals surface area (Å²) < 4.78 is 0. The van der Waals surface area contributed by atoms with Crippen molar-refractivity contribution in [1.29, 1.82) is 0 Å². The molecule has 0 aliphatic carbocycles. The van der Waals surface area contributed by atoms with Crippen LogP contribution in [0.2, 0.25) is 0 Å². The summed E-state index contributed by atoms with van der Waals surface area (Å²) in [6.07, 6.45) is 2.73. The van der Waals surface area contributed by atoms with E-state index in [9.17, 15) is 14.7 Å². The van der Waals surface area contributed by atoms with E-state index < -0.39 is 6.10 Å². The Hall–Kier alpha value is -1.88. The first-order valence-electron chi connectivity index (χ1n) is 10.6. The molecule has 0 radical (unpaired) electrons. The number of nitrogens with zero attached hydrogens (tertiary/aromatic N) is 2. The van der Waals surface area contributed by atoms with Gasteiger partial charge in [0.25, 0.3) is 0 Å². The minimum Gasteiger partial charge on any atom is -0.388 e. The Labute approximate surface area is 168 Å². The van der Waals surface area contributed by atoms with Crippen LogP contribution in [0.3, 0.4) is 0 Å². The van der Waals surface area contributed by atoms with E-state index in [-0.39, 0.29) is 29.1 Å².